The molecule has 1 aliphatic rings. The number of aromatic nitrogens is 1. The highest BCUT2D eigenvalue weighted by Crippen LogP contribution is 2.39. The minimum atomic E-state index is -0.854. The van der Waals surface area contributed by atoms with Gasteiger partial charge in [0.05, 0.1) is 58.0 Å². The molecular weight excluding hydrogens is 524 g/mol. The second-order valence-corrected chi connectivity index (χ2v) is 9.38. The van der Waals surface area contributed by atoms with Crippen LogP contribution in [0, 0.1) is 0 Å². The first kappa shape index (κ1) is 27.8. The van der Waals surface area contributed by atoms with Crippen molar-refractivity contribution in [2.75, 3.05) is 42.2 Å². The Morgan fingerprint density at radius 2 is 1.64 bits per heavy atom. The largest absolute Gasteiger partial charge is 0.497 e. The van der Waals surface area contributed by atoms with Crippen molar-refractivity contribution in [3.63, 3.8) is 0 Å². The summed E-state index contributed by atoms with van der Waals surface area (Å²) in [5, 5.41) is 0. The minimum absolute atomic E-state index is 0.170. The smallest absolute Gasteiger partial charge is 0.338 e. The van der Waals surface area contributed by atoms with Crippen LogP contribution in [0.4, 0.5) is 0 Å². The predicted octanol–water partition coefficient (Wildman–Crippen LogP) is 2.84. The van der Waals surface area contributed by atoms with E-state index < -0.39 is 12.0 Å². The van der Waals surface area contributed by atoms with Gasteiger partial charge in [0.1, 0.15) is 17.5 Å². The van der Waals surface area contributed by atoms with Gasteiger partial charge in [0.15, 0.2) is 16.3 Å². The van der Waals surface area contributed by atoms with Crippen LogP contribution in [0.3, 0.4) is 0 Å². The van der Waals surface area contributed by atoms with Crippen LogP contribution in [0.25, 0.3) is 6.08 Å². The van der Waals surface area contributed by atoms with Crippen molar-refractivity contribution in [2.45, 2.75) is 19.9 Å². The molecular formula is C28H30N2O8S. The molecule has 0 aliphatic carbocycles. The van der Waals surface area contributed by atoms with E-state index in [1.54, 1.807) is 57.4 Å². The Hall–Kier alpha value is -4.25. The van der Waals surface area contributed by atoms with Gasteiger partial charge < -0.3 is 28.4 Å². The van der Waals surface area contributed by atoms with Crippen molar-refractivity contribution in [1.82, 2.24) is 4.57 Å². The summed E-state index contributed by atoms with van der Waals surface area (Å²) in [5.74, 6) is 1.82. The third-order valence-electron chi connectivity index (χ3n) is 6.23. The van der Waals surface area contributed by atoms with E-state index in [9.17, 15) is 9.59 Å². The number of ether oxygens (including phenoxy) is 6. The van der Waals surface area contributed by atoms with Crippen LogP contribution in [0.1, 0.15) is 31.0 Å². The Morgan fingerprint density at radius 3 is 2.21 bits per heavy atom. The molecule has 1 aliphatic heterocycles. The average molecular weight is 555 g/mol. The lowest BCUT2D eigenvalue weighted by Gasteiger charge is -2.26. The number of hydrogen-bond donors (Lipinski definition) is 0. The molecule has 206 valence electrons. The van der Waals surface area contributed by atoms with Crippen LogP contribution in [0.15, 0.2) is 51.4 Å². The maximum absolute atomic E-state index is 14.0. The molecule has 39 heavy (non-hydrogen) atoms. The van der Waals surface area contributed by atoms with Crippen LogP contribution >= 0.6 is 11.3 Å². The molecule has 10 nitrogen and oxygen atoms in total. The zero-order valence-corrected chi connectivity index (χ0v) is 23.6. The molecule has 2 aromatic carbocycles. The summed E-state index contributed by atoms with van der Waals surface area (Å²) >= 11 is 1.20. The number of carbonyl (C=O) groups is 1. The molecule has 0 saturated heterocycles. The number of benzene rings is 2. The number of methoxy groups -OCH3 is 5. The van der Waals surface area contributed by atoms with Crippen molar-refractivity contribution < 1.29 is 33.2 Å². The molecule has 11 heteroatoms. The van der Waals surface area contributed by atoms with Gasteiger partial charge in [-0.05, 0) is 55.8 Å². The zero-order valence-electron chi connectivity index (χ0n) is 22.8. The van der Waals surface area contributed by atoms with E-state index in [0.29, 0.717) is 54.9 Å². The number of carbonyl (C=O) groups excluding carboxylic acids is 1. The van der Waals surface area contributed by atoms with Gasteiger partial charge in [-0.25, -0.2) is 9.79 Å². The second-order valence-electron chi connectivity index (χ2n) is 8.37. The van der Waals surface area contributed by atoms with Gasteiger partial charge in [-0.1, -0.05) is 11.3 Å². The Bertz CT molecular complexity index is 1590. The minimum Gasteiger partial charge on any atom is -0.497 e. The fourth-order valence-electron chi connectivity index (χ4n) is 4.47. The highest BCUT2D eigenvalue weighted by atomic mass is 32.1. The van der Waals surface area contributed by atoms with Crippen molar-refractivity contribution in [1.29, 1.82) is 0 Å². The van der Waals surface area contributed by atoms with Gasteiger partial charge in [-0.2, -0.15) is 0 Å². The zero-order chi connectivity index (χ0) is 28.3. The average Bonchev–Trinajstić information content (AvgIpc) is 3.25. The van der Waals surface area contributed by atoms with Crippen LogP contribution in [0.5, 0.6) is 28.7 Å². The number of thiazole rings is 1. The molecule has 0 bridgehead atoms. The topological polar surface area (TPSA) is 107 Å². The van der Waals surface area contributed by atoms with Crippen molar-refractivity contribution >= 4 is 23.4 Å². The summed E-state index contributed by atoms with van der Waals surface area (Å²) in [4.78, 5) is 32.2. The van der Waals surface area contributed by atoms with Gasteiger partial charge >= 0.3 is 5.97 Å². The lowest BCUT2D eigenvalue weighted by molar-refractivity contribution is -0.139. The molecule has 1 atom stereocenters. The summed E-state index contributed by atoms with van der Waals surface area (Å²) in [6.45, 7) is 3.62. The van der Waals surface area contributed by atoms with E-state index >= 15 is 0 Å². The highest BCUT2D eigenvalue weighted by molar-refractivity contribution is 7.07. The van der Waals surface area contributed by atoms with E-state index in [1.165, 1.54) is 44.3 Å². The van der Waals surface area contributed by atoms with E-state index in [2.05, 4.69) is 4.99 Å². The molecule has 4 rings (SSSR count). The van der Waals surface area contributed by atoms with Gasteiger partial charge in [0, 0.05) is 5.56 Å². The van der Waals surface area contributed by atoms with Gasteiger partial charge in [0.25, 0.3) is 5.56 Å². The fraction of sp³-hybridized carbons (Fsp3) is 0.321. The lowest BCUT2D eigenvalue weighted by Crippen LogP contribution is -2.40. The first-order valence-corrected chi connectivity index (χ1v) is 12.8. The number of allylic oxidation sites excluding steroid dienone is 1. The standard InChI is InChI=1S/C28H30N2O8S/c1-8-38-27(32)23-15(2)29-28-30(24(23)18-14-17(33-3)9-10-19(18)34-4)26(31)22(39-28)13-16-11-20(35-5)25(37-7)21(12-16)36-6/h9-14,24H,8H2,1-7H3/b22-13+/t24-/m1/s1. The molecule has 3 aromatic rings. The van der Waals surface area contributed by atoms with Crippen molar-refractivity contribution in [2.24, 2.45) is 4.99 Å². The summed E-state index contributed by atoms with van der Waals surface area (Å²) in [6, 6.07) is 7.87. The summed E-state index contributed by atoms with van der Waals surface area (Å²) < 4.78 is 34.7. The van der Waals surface area contributed by atoms with Crippen molar-refractivity contribution in [3.05, 3.63) is 72.4 Å². The maximum atomic E-state index is 14.0. The van der Waals surface area contributed by atoms with Crippen molar-refractivity contribution in [3.8, 4) is 28.7 Å². The predicted molar refractivity (Wildman–Crippen MR) is 146 cm³/mol. The fourth-order valence-corrected chi connectivity index (χ4v) is 5.52. The Labute approximate surface area is 229 Å². The van der Waals surface area contributed by atoms with Gasteiger partial charge in [-0.3, -0.25) is 9.36 Å². The van der Waals surface area contributed by atoms with Crippen LogP contribution in [-0.2, 0) is 9.53 Å². The summed E-state index contributed by atoms with van der Waals surface area (Å²) in [5.41, 5.74) is 1.58. The Morgan fingerprint density at radius 1 is 0.974 bits per heavy atom. The normalized spacial score (nSPS) is 14.8. The molecule has 0 amide bonds. The number of rotatable bonds is 9. The monoisotopic (exact) mass is 554 g/mol. The molecule has 0 spiro atoms. The number of hydrogen-bond acceptors (Lipinski definition) is 10. The Kier molecular flexibility index (Phi) is 8.29. The molecule has 0 radical (unpaired) electrons. The first-order valence-electron chi connectivity index (χ1n) is 12.0. The molecule has 0 unspecified atom stereocenters. The molecule has 0 saturated carbocycles. The van der Waals surface area contributed by atoms with Crippen LogP contribution < -0.4 is 38.6 Å². The quantitative estimate of drug-likeness (QED) is 0.372. The SMILES string of the molecule is CCOC(=O)C1=C(C)N=c2s/c(=C/c3cc(OC)c(OC)c(OC)c3)c(=O)n2[C@@H]1c1cc(OC)ccc1OC. The number of esters is 1. The van der Waals surface area contributed by atoms with Gasteiger partial charge in [-0.15, -0.1) is 0 Å². The number of fused-ring (bicyclic) bond motifs is 1. The van der Waals surface area contributed by atoms with Crippen LogP contribution in [0.2, 0.25) is 0 Å². The second kappa shape index (κ2) is 11.6. The van der Waals surface area contributed by atoms with E-state index in [4.69, 9.17) is 28.4 Å². The molecule has 2 heterocycles. The third-order valence-corrected chi connectivity index (χ3v) is 7.22. The molecule has 0 N–H and O–H groups in total. The van der Waals surface area contributed by atoms with Gasteiger partial charge in [0.2, 0.25) is 5.75 Å². The van der Waals surface area contributed by atoms with E-state index in [0.717, 1.165) is 0 Å². The first-order chi connectivity index (χ1) is 18.8. The summed E-state index contributed by atoms with van der Waals surface area (Å²) in [7, 11) is 7.64. The Balaban J connectivity index is 2.01. The lowest BCUT2D eigenvalue weighted by atomic mass is 9.94. The van der Waals surface area contributed by atoms with E-state index in [-0.39, 0.29) is 17.7 Å². The summed E-state index contributed by atoms with van der Waals surface area (Å²) in [6.07, 6.45) is 1.72. The molecule has 1 aromatic heterocycles. The highest BCUT2D eigenvalue weighted by Gasteiger charge is 2.35. The maximum Gasteiger partial charge on any atom is 0.338 e. The molecule has 0 fully saturated rings. The number of nitrogens with zero attached hydrogens (tertiary/aromatic N) is 2. The van der Waals surface area contributed by atoms with E-state index in [1.807, 2.05) is 0 Å². The third kappa shape index (κ3) is 5.09. The van der Waals surface area contributed by atoms with Crippen LogP contribution in [-0.4, -0.2) is 52.7 Å².